The van der Waals surface area contributed by atoms with Crippen molar-refractivity contribution < 1.29 is 0 Å². The number of hydrogen-bond acceptors (Lipinski definition) is 2. The van der Waals surface area contributed by atoms with Gasteiger partial charge in [-0.25, -0.2) is 0 Å². The number of nitrogens with one attached hydrogen (secondary N) is 1. The Morgan fingerprint density at radius 3 is 2.69 bits per heavy atom. The average Bonchev–Trinajstić information content (AvgIpc) is 2.72. The Bertz CT molecular complexity index is 172. The predicted octanol–water partition coefficient (Wildman–Crippen LogP) is 4.22. The Balaban J connectivity index is 2.03. The van der Waals surface area contributed by atoms with Gasteiger partial charge in [-0.3, -0.25) is 0 Å². The minimum absolute atomic E-state index is 0.725. The van der Waals surface area contributed by atoms with E-state index in [0.29, 0.717) is 0 Å². The molecule has 2 heteroatoms. The second-order valence-electron chi connectivity index (χ2n) is 5.28. The van der Waals surface area contributed by atoms with Crippen LogP contribution in [0.5, 0.6) is 0 Å². The molecule has 96 valence electrons. The second-order valence-corrected chi connectivity index (χ2v) is 6.42. The largest absolute Gasteiger partial charge is 0.311 e. The lowest BCUT2D eigenvalue weighted by Crippen LogP contribution is -2.34. The van der Waals surface area contributed by atoms with Crippen LogP contribution >= 0.6 is 11.8 Å². The molecular formula is C14H29NS. The number of unbranched alkanes of at least 4 members (excludes halogenated alkanes) is 3. The molecule has 0 aromatic carbocycles. The number of rotatable bonds is 8. The van der Waals surface area contributed by atoms with Crippen molar-refractivity contribution in [3.63, 3.8) is 0 Å². The van der Waals surface area contributed by atoms with Crippen molar-refractivity contribution in [1.82, 2.24) is 5.32 Å². The van der Waals surface area contributed by atoms with E-state index in [-0.39, 0.29) is 0 Å². The van der Waals surface area contributed by atoms with Crippen molar-refractivity contribution >= 4 is 11.8 Å². The van der Waals surface area contributed by atoms with E-state index in [0.717, 1.165) is 17.3 Å². The molecule has 0 bridgehead atoms. The van der Waals surface area contributed by atoms with Crippen LogP contribution in [-0.4, -0.2) is 23.6 Å². The molecule has 0 aromatic heterocycles. The van der Waals surface area contributed by atoms with Crippen LogP contribution in [-0.2, 0) is 0 Å². The van der Waals surface area contributed by atoms with Crippen molar-refractivity contribution in [2.24, 2.45) is 0 Å². The van der Waals surface area contributed by atoms with Crippen LogP contribution < -0.4 is 5.32 Å². The summed E-state index contributed by atoms with van der Waals surface area (Å²) in [7, 11) is 0. The predicted molar refractivity (Wildman–Crippen MR) is 76.3 cm³/mol. The van der Waals surface area contributed by atoms with Gasteiger partial charge in [-0.1, -0.05) is 32.6 Å². The molecule has 1 saturated carbocycles. The molecule has 3 unspecified atom stereocenters. The Labute approximate surface area is 106 Å². The maximum Gasteiger partial charge on any atom is 0.00804 e. The maximum absolute atomic E-state index is 3.81. The second kappa shape index (κ2) is 8.41. The summed E-state index contributed by atoms with van der Waals surface area (Å²) in [6, 6.07) is 1.53. The fraction of sp³-hybridized carbons (Fsp3) is 1.00. The molecule has 16 heavy (non-hydrogen) atoms. The van der Waals surface area contributed by atoms with Gasteiger partial charge in [-0.2, -0.15) is 11.8 Å². The fourth-order valence-electron chi connectivity index (χ4n) is 2.67. The molecule has 0 aliphatic heterocycles. The number of hydrogen-bond donors (Lipinski definition) is 1. The lowest BCUT2D eigenvalue weighted by atomic mass is 10.1. The molecule has 1 rings (SSSR count). The normalized spacial score (nSPS) is 27.2. The average molecular weight is 243 g/mol. The third-order valence-corrected chi connectivity index (χ3v) is 4.82. The minimum atomic E-state index is 0.725. The van der Waals surface area contributed by atoms with Gasteiger partial charge in [0.1, 0.15) is 0 Å². The first-order valence-electron chi connectivity index (χ1n) is 7.05. The maximum atomic E-state index is 3.81. The molecule has 3 atom stereocenters. The molecule has 0 heterocycles. The van der Waals surface area contributed by atoms with Gasteiger partial charge < -0.3 is 5.32 Å². The van der Waals surface area contributed by atoms with Crippen molar-refractivity contribution in [2.45, 2.75) is 82.5 Å². The molecule has 0 aromatic rings. The molecule has 0 radical (unpaired) electrons. The minimum Gasteiger partial charge on any atom is -0.311 e. The highest BCUT2D eigenvalue weighted by molar-refractivity contribution is 7.99. The zero-order valence-electron chi connectivity index (χ0n) is 11.3. The molecule has 1 nitrogen and oxygen atoms in total. The van der Waals surface area contributed by atoms with Gasteiger partial charge in [-0.05, 0) is 38.9 Å². The SMILES string of the molecule is CCCCCCC(C)NC1CCC(SC)C1. The van der Waals surface area contributed by atoms with E-state index >= 15 is 0 Å². The third-order valence-electron chi connectivity index (χ3n) is 3.73. The summed E-state index contributed by atoms with van der Waals surface area (Å²) < 4.78 is 0. The molecule has 0 spiro atoms. The summed E-state index contributed by atoms with van der Waals surface area (Å²) in [5.41, 5.74) is 0. The van der Waals surface area contributed by atoms with Gasteiger partial charge >= 0.3 is 0 Å². The van der Waals surface area contributed by atoms with E-state index in [1.165, 1.54) is 51.4 Å². The van der Waals surface area contributed by atoms with E-state index in [1.807, 2.05) is 11.8 Å². The first-order valence-corrected chi connectivity index (χ1v) is 8.33. The van der Waals surface area contributed by atoms with Gasteiger partial charge in [0.2, 0.25) is 0 Å². The Hall–Kier alpha value is 0.310. The summed E-state index contributed by atoms with van der Waals surface area (Å²) in [6.07, 6.45) is 13.4. The highest BCUT2D eigenvalue weighted by Gasteiger charge is 2.24. The topological polar surface area (TPSA) is 12.0 Å². The van der Waals surface area contributed by atoms with E-state index in [1.54, 1.807) is 0 Å². The summed E-state index contributed by atoms with van der Waals surface area (Å²) in [4.78, 5) is 0. The first-order chi connectivity index (χ1) is 7.76. The summed E-state index contributed by atoms with van der Waals surface area (Å²) in [5.74, 6) is 0. The lowest BCUT2D eigenvalue weighted by molar-refractivity contribution is 0.418. The van der Waals surface area contributed by atoms with E-state index in [2.05, 4.69) is 25.4 Å². The Kier molecular flexibility index (Phi) is 7.55. The summed E-state index contributed by atoms with van der Waals surface area (Å²) >= 11 is 2.05. The summed E-state index contributed by atoms with van der Waals surface area (Å²) in [6.45, 7) is 4.64. The van der Waals surface area contributed by atoms with Gasteiger partial charge in [-0.15, -0.1) is 0 Å². The smallest absolute Gasteiger partial charge is 0.00804 e. The Morgan fingerprint density at radius 1 is 1.25 bits per heavy atom. The van der Waals surface area contributed by atoms with Crippen LogP contribution in [0.15, 0.2) is 0 Å². The van der Waals surface area contributed by atoms with Crippen LogP contribution in [0.4, 0.5) is 0 Å². The van der Waals surface area contributed by atoms with E-state index in [9.17, 15) is 0 Å². The zero-order chi connectivity index (χ0) is 11.8. The highest BCUT2D eigenvalue weighted by Crippen LogP contribution is 2.28. The van der Waals surface area contributed by atoms with Crippen molar-refractivity contribution in [1.29, 1.82) is 0 Å². The number of thioether (sulfide) groups is 1. The van der Waals surface area contributed by atoms with Crippen molar-refractivity contribution in [3.05, 3.63) is 0 Å². The van der Waals surface area contributed by atoms with Crippen LogP contribution in [0.25, 0.3) is 0 Å². The van der Waals surface area contributed by atoms with Crippen LogP contribution in [0.1, 0.15) is 65.2 Å². The van der Waals surface area contributed by atoms with Gasteiger partial charge in [0.15, 0.2) is 0 Å². The van der Waals surface area contributed by atoms with Gasteiger partial charge in [0, 0.05) is 17.3 Å². The fourth-order valence-corrected chi connectivity index (χ4v) is 3.47. The zero-order valence-corrected chi connectivity index (χ0v) is 12.1. The molecule has 1 aliphatic carbocycles. The molecule has 1 fully saturated rings. The monoisotopic (exact) mass is 243 g/mol. The highest BCUT2D eigenvalue weighted by atomic mass is 32.2. The third kappa shape index (κ3) is 5.58. The summed E-state index contributed by atoms with van der Waals surface area (Å²) in [5, 5.41) is 4.73. The Morgan fingerprint density at radius 2 is 2.06 bits per heavy atom. The molecular weight excluding hydrogens is 214 g/mol. The molecule has 1 aliphatic rings. The first kappa shape index (κ1) is 14.4. The van der Waals surface area contributed by atoms with Gasteiger partial charge in [0.25, 0.3) is 0 Å². The standard InChI is InChI=1S/C14H29NS/c1-4-5-6-7-8-12(2)15-13-9-10-14(11-13)16-3/h12-15H,4-11H2,1-3H3. The van der Waals surface area contributed by atoms with Crippen LogP contribution in [0.2, 0.25) is 0 Å². The van der Waals surface area contributed by atoms with Crippen molar-refractivity contribution in [3.8, 4) is 0 Å². The lowest BCUT2D eigenvalue weighted by Gasteiger charge is -2.19. The quantitative estimate of drug-likeness (QED) is 0.641. The molecule has 0 saturated heterocycles. The van der Waals surface area contributed by atoms with E-state index in [4.69, 9.17) is 0 Å². The molecule has 1 N–H and O–H groups in total. The van der Waals surface area contributed by atoms with Gasteiger partial charge in [0.05, 0.1) is 0 Å². The van der Waals surface area contributed by atoms with Crippen LogP contribution in [0, 0.1) is 0 Å². The van der Waals surface area contributed by atoms with Crippen molar-refractivity contribution in [2.75, 3.05) is 6.26 Å². The molecule has 0 amide bonds. The van der Waals surface area contributed by atoms with Crippen LogP contribution in [0.3, 0.4) is 0 Å². The van der Waals surface area contributed by atoms with E-state index < -0.39 is 0 Å².